The van der Waals surface area contributed by atoms with Crippen LogP contribution in [0.2, 0.25) is 0 Å². The fraction of sp³-hybridized carbons (Fsp3) is 0.450. The van der Waals surface area contributed by atoms with Crippen LogP contribution in [0.5, 0.6) is 5.75 Å². The van der Waals surface area contributed by atoms with Crippen LogP contribution in [0, 0.1) is 5.41 Å². The highest BCUT2D eigenvalue weighted by atomic mass is 32.1. The van der Waals surface area contributed by atoms with E-state index in [9.17, 15) is 9.59 Å². The minimum Gasteiger partial charge on any atom is -0.497 e. The summed E-state index contributed by atoms with van der Waals surface area (Å²) in [4.78, 5) is 31.5. The van der Waals surface area contributed by atoms with E-state index in [4.69, 9.17) is 4.74 Å². The molecule has 2 amide bonds. The Morgan fingerprint density at radius 3 is 2.81 bits per heavy atom. The number of benzene rings is 1. The molecule has 26 heavy (non-hydrogen) atoms. The van der Waals surface area contributed by atoms with Gasteiger partial charge in [-0.15, -0.1) is 11.3 Å². The highest BCUT2D eigenvalue weighted by Crippen LogP contribution is 2.45. The number of ether oxygens (including phenoxy) is 1. The number of hydrogen-bond acceptors (Lipinski definition) is 5. The van der Waals surface area contributed by atoms with E-state index >= 15 is 0 Å². The van der Waals surface area contributed by atoms with Gasteiger partial charge in [0.25, 0.3) is 0 Å². The average Bonchev–Trinajstić information content (AvgIpc) is 3.22. The normalized spacial score (nSPS) is 19.3. The molecule has 2 aliphatic rings. The third-order valence-corrected chi connectivity index (χ3v) is 6.43. The van der Waals surface area contributed by atoms with E-state index in [0.717, 1.165) is 47.7 Å². The van der Waals surface area contributed by atoms with Gasteiger partial charge in [0.1, 0.15) is 10.8 Å². The lowest BCUT2D eigenvalue weighted by atomic mass is 9.73. The van der Waals surface area contributed by atoms with Gasteiger partial charge in [-0.25, -0.2) is 4.98 Å². The molecule has 0 bridgehead atoms. The largest absolute Gasteiger partial charge is 0.497 e. The molecule has 136 valence electrons. The summed E-state index contributed by atoms with van der Waals surface area (Å²) in [6.07, 6.45) is 5.32. The highest BCUT2D eigenvalue weighted by Gasteiger charge is 2.51. The van der Waals surface area contributed by atoms with E-state index in [1.165, 1.54) is 22.7 Å². The number of amides is 2. The second-order valence-corrected chi connectivity index (χ2v) is 8.04. The van der Waals surface area contributed by atoms with Crippen molar-refractivity contribution in [2.24, 2.45) is 5.41 Å². The second-order valence-electron chi connectivity index (χ2n) is 7.18. The van der Waals surface area contributed by atoms with Gasteiger partial charge in [-0.3, -0.25) is 14.5 Å². The van der Waals surface area contributed by atoms with E-state index in [2.05, 4.69) is 4.98 Å². The number of likely N-dealkylation sites (tertiary alicyclic amines) is 1. The third kappa shape index (κ3) is 3.03. The van der Waals surface area contributed by atoms with Gasteiger partial charge in [-0.1, -0.05) is 31.4 Å². The fourth-order valence-electron chi connectivity index (χ4n) is 4.07. The first-order valence-electron chi connectivity index (χ1n) is 9.05. The Morgan fingerprint density at radius 2 is 2.04 bits per heavy atom. The zero-order valence-electron chi connectivity index (χ0n) is 14.9. The van der Waals surface area contributed by atoms with Crippen molar-refractivity contribution in [3.63, 3.8) is 0 Å². The smallest absolute Gasteiger partial charge is 0.236 e. The SMILES string of the molecule is COc1cccc(-c2nc(CN3C(=O)CC4(CCCCC4)C3=O)cs2)c1. The molecule has 1 aliphatic carbocycles. The van der Waals surface area contributed by atoms with E-state index in [0.29, 0.717) is 6.42 Å². The highest BCUT2D eigenvalue weighted by molar-refractivity contribution is 7.13. The Kier molecular flexibility index (Phi) is 4.53. The lowest BCUT2D eigenvalue weighted by Gasteiger charge is -2.30. The summed E-state index contributed by atoms with van der Waals surface area (Å²) in [7, 11) is 1.64. The van der Waals surface area contributed by atoms with Crippen molar-refractivity contribution in [2.75, 3.05) is 7.11 Å². The van der Waals surface area contributed by atoms with Crippen molar-refractivity contribution in [3.8, 4) is 16.3 Å². The second kappa shape index (κ2) is 6.83. The van der Waals surface area contributed by atoms with Crippen molar-refractivity contribution in [1.29, 1.82) is 0 Å². The molecule has 1 aromatic carbocycles. The Balaban J connectivity index is 1.52. The molecule has 2 fully saturated rings. The lowest BCUT2D eigenvalue weighted by Crippen LogP contribution is -2.36. The summed E-state index contributed by atoms with van der Waals surface area (Å²) >= 11 is 1.52. The van der Waals surface area contributed by atoms with Crippen LogP contribution in [-0.2, 0) is 16.1 Å². The summed E-state index contributed by atoms with van der Waals surface area (Å²) in [5.74, 6) is 0.745. The number of carbonyl (C=O) groups is 2. The number of thiazole rings is 1. The summed E-state index contributed by atoms with van der Waals surface area (Å²) in [6, 6.07) is 7.74. The van der Waals surface area contributed by atoms with Crippen LogP contribution in [0.4, 0.5) is 0 Å². The summed E-state index contributed by atoms with van der Waals surface area (Å²) < 4.78 is 5.26. The van der Waals surface area contributed by atoms with Crippen LogP contribution < -0.4 is 4.74 Å². The molecular formula is C20H22N2O3S. The maximum absolute atomic E-state index is 12.9. The van der Waals surface area contributed by atoms with Gasteiger partial charge < -0.3 is 4.74 Å². The molecule has 2 heterocycles. The minimum atomic E-state index is -0.430. The van der Waals surface area contributed by atoms with Crippen molar-refractivity contribution < 1.29 is 14.3 Å². The first-order valence-corrected chi connectivity index (χ1v) is 9.93. The number of rotatable bonds is 4. The van der Waals surface area contributed by atoms with Gasteiger partial charge in [0.15, 0.2) is 0 Å². The summed E-state index contributed by atoms with van der Waals surface area (Å²) in [5.41, 5.74) is 1.31. The van der Waals surface area contributed by atoms with Crippen molar-refractivity contribution in [2.45, 2.75) is 45.1 Å². The van der Waals surface area contributed by atoms with E-state index in [1.54, 1.807) is 7.11 Å². The molecule has 1 aliphatic heterocycles. The first kappa shape index (κ1) is 17.2. The Morgan fingerprint density at radius 1 is 1.23 bits per heavy atom. The maximum atomic E-state index is 12.9. The molecule has 4 rings (SSSR count). The zero-order valence-corrected chi connectivity index (χ0v) is 15.7. The van der Waals surface area contributed by atoms with Gasteiger partial charge in [0.2, 0.25) is 11.8 Å². The molecular weight excluding hydrogens is 348 g/mol. The summed E-state index contributed by atoms with van der Waals surface area (Å²) in [5, 5.41) is 2.80. The molecule has 1 saturated heterocycles. The molecule has 1 aromatic heterocycles. The van der Waals surface area contributed by atoms with Gasteiger partial charge >= 0.3 is 0 Å². The van der Waals surface area contributed by atoms with Crippen LogP contribution in [0.25, 0.3) is 10.6 Å². The standard InChI is InChI=1S/C20H22N2O3S/c1-25-16-7-5-6-14(10-16)18-21-15(13-26-18)12-22-17(23)11-20(19(22)24)8-3-2-4-9-20/h5-7,10,13H,2-4,8-9,11-12H2,1H3. The molecule has 6 heteroatoms. The molecule has 0 atom stereocenters. The van der Waals surface area contributed by atoms with E-state index in [-0.39, 0.29) is 18.4 Å². The van der Waals surface area contributed by atoms with Crippen molar-refractivity contribution >= 4 is 23.2 Å². The van der Waals surface area contributed by atoms with E-state index in [1.807, 2.05) is 29.6 Å². The lowest BCUT2D eigenvalue weighted by molar-refractivity contribution is -0.143. The molecule has 0 radical (unpaired) electrons. The van der Waals surface area contributed by atoms with Crippen LogP contribution in [0.3, 0.4) is 0 Å². The Bertz CT molecular complexity index is 839. The molecule has 2 aromatic rings. The number of imide groups is 1. The molecule has 0 N–H and O–H groups in total. The average molecular weight is 370 g/mol. The van der Waals surface area contributed by atoms with Gasteiger partial charge in [-0.2, -0.15) is 0 Å². The quantitative estimate of drug-likeness (QED) is 0.763. The van der Waals surface area contributed by atoms with E-state index < -0.39 is 5.41 Å². The van der Waals surface area contributed by atoms with Crippen molar-refractivity contribution in [1.82, 2.24) is 9.88 Å². The first-order chi connectivity index (χ1) is 12.6. The third-order valence-electron chi connectivity index (χ3n) is 5.49. The van der Waals surface area contributed by atoms with Gasteiger partial charge in [0, 0.05) is 17.4 Å². The van der Waals surface area contributed by atoms with Crippen LogP contribution >= 0.6 is 11.3 Å². The predicted molar refractivity (Wildman–Crippen MR) is 99.8 cm³/mol. The molecule has 0 unspecified atom stereocenters. The number of nitrogens with zero attached hydrogens (tertiary/aromatic N) is 2. The number of hydrogen-bond donors (Lipinski definition) is 0. The van der Waals surface area contributed by atoms with Crippen molar-refractivity contribution in [3.05, 3.63) is 35.3 Å². The number of carbonyl (C=O) groups excluding carboxylic acids is 2. The number of methoxy groups -OCH3 is 1. The minimum absolute atomic E-state index is 0.0122. The molecule has 1 saturated carbocycles. The van der Waals surface area contributed by atoms with Gasteiger partial charge in [0.05, 0.1) is 24.8 Å². The molecule has 5 nitrogen and oxygen atoms in total. The predicted octanol–water partition coefficient (Wildman–Crippen LogP) is 4.03. The number of aromatic nitrogens is 1. The summed E-state index contributed by atoms with van der Waals surface area (Å²) in [6.45, 7) is 0.278. The topological polar surface area (TPSA) is 59.5 Å². The van der Waals surface area contributed by atoms with Crippen LogP contribution in [0.1, 0.15) is 44.2 Å². The molecule has 1 spiro atoms. The van der Waals surface area contributed by atoms with Crippen LogP contribution in [0.15, 0.2) is 29.6 Å². The maximum Gasteiger partial charge on any atom is 0.236 e. The monoisotopic (exact) mass is 370 g/mol. The zero-order chi connectivity index (χ0) is 18.1. The van der Waals surface area contributed by atoms with Gasteiger partial charge in [-0.05, 0) is 25.0 Å². The Labute approximate surface area is 157 Å². The fourth-order valence-corrected chi connectivity index (χ4v) is 4.88. The Hall–Kier alpha value is -2.21. The van der Waals surface area contributed by atoms with Crippen LogP contribution in [-0.4, -0.2) is 28.8 Å².